The van der Waals surface area contributed by atoms with Crippen molar-refractivity contribution in [1.82, 2.24) is 5.32 Å². The van der Waals surface area contributed by atoms with Gasteiger partial charge in [-0.25, -0.2) is 0 Å². The summed E-state index contributed by atoms with van der Waals surface area (Å²) in [7, 11) is 0. The molecule has 2 N–H and O–H groups in total. The lowest BCUT2D eigenvalue weighted by Crippen LogP contribution is -2.41. The average Bonchev–Trinajstić information content (AvgIpc) is 2.56. The fourth-order valence-corrected chi connectivity index (χ4v) is 3.16. The van der Waals surface area contributed by atoms with Crippen LogP contribution in [-0.4, -0.2) is 22.0 Å². The van der Waals surface area contributed by atoms with Crippen LogP contribution in [0.5, 0.6) is 5.75 Å². The van der Waals surface area contributed by atoms with Gasteiger partial charge in [0, 0.05) is 22.7 Å². The number of carbonyl (C=O) groups excluding carboxylic acids is 1. The van der Waals surface area contributed by atoms with Crippen molar-refractivity contribution in [1.29, 1.82) is 5.26 Å². The topological polar surface area (TPSA) is 116 Å². The molecule has 2 rings (SSSR count). The Kier molecular flexibility index (Phi) is 5.99. The van der Waals surface area contributed by atoms with E-state index in [0.717, 1.165) is 37.8 Å². The summed E-state index contributed by atoms with van der Waals surface area (Å²) < 4.78 is 0. The molecule has 0 unspecified atom stereocenters. The lowest BCUT2D eigenvalue weighted by molar-refractivity contribution is -0.385. The molecule has 1 aliphatic carbocycles. The molecule has 1 saturated carbocycles. The number of amides is 1. The van der Waals surface area contributed by atoms with Crippen molar-refractivity contribution in [3.8, 4) is 11.8 Å². The number of aromatic hydroxyl groups is 1. The van der Waals surface area contributed by atoms with Crippen LogP contribution in [0.15, 0.2) is 17.7 Å². The van der Waals surface area contributed by atoms with Gasteiger partial charge < -0.3 is 10.4 Å². The van der Waals surface area contributed by atoms with Crippen LogP contribution in [0.25, 0.3) is 6.08 Å². The maximum Gasteiger partial charge on any atom is 0.312 e. The maximum absolute atomic E-state index is 12.4. The Morgan fingerprint density at radius 2 is 2.16 bits per heavy atom. The summed E-state index contributed by atoms with van der Waals surface area (Å²) >= 11 is 5.82. The molecule has 0 radical (unpaired) electrons. The van der Waals surface area contributed by atoms with E-state index in [9.17, 15) is 25.3 Å². The Balaban J connectivity index is 2.29. The molecule has 0 spiro atoms. The summed E-state index contributed by atoms with van der Waals surface area (Å²) in [6, 6.07) is 4.03. The van der Waals surface area contributed by atoms with Crippen molar-refractivity contribution in [3.63, 3.8) is 0 Å². The van der Waals surface area contributed by atoms with E-state index >= 15 is 0 Å². The van der Waals surface area contributed by atoms with E-state index in [0.29, 0.717) is 5.92 Å². The third kappa shape index (κ3) is 4.48. The lowest BCUT2D eigenvalue weighted by atomic mass is 9.86. The van der Waals surface area contributed by atoms with Crippen molar-refractivity contribution in [2.45, 2.75) is 38.6 Å². The van der Waals surface area contributed by atoms with Crippen LogP contribution >= 0.6 is 11.6 Å². The first-order valence-corrected chi connectivity index (χ1v) is 8.30. The van der Waals surface area contributed by atoms with Gasteiger partial charge >= 0.3 is 5.69 Å². The second-order valence-corrected chi connectivity index (χ2v) is 6.57. The quantitative estimate of drug-likeness (QED) is 0.367. The standard InChI is InChI=1S/C17H18ClN3O4/c1-10-4-2-3-5-14(10)20-17(23)12(9-19)6-11-7-13(18)8-15(16(11)22)21(24)25/h6-8,10,14,22H,2-5H2,1H3,(H,20,23)/b12-6+/t10-,14-/m0/s1. The molecule has 0 heterocycles. The predicted octanol–water partition coefficient (Wildman–Crippen LogP) is 3.56. The Bertz CT molecular complexity index is 770. The Hall–Kier alpha value is -2.59. The van der Waals surface area contributed by atoms with Crippen LogP contribution < -0.4 is 5.32 Å². The van der Waals surface area contributed by atoms with Gasteiger partial charge in [-0.3, -0.25) is 14.9 Å². The minimum Gasteiger partial charge on any atom is -0.502 e. The normalized spacial score (nSPS) is 20.6. The van der Waals surface area contributed by atoms with Crippen LogP contribution in [0.1, 0.15) is 38.2 Å². The average molecular weight is 364 g/mol. The highest BCUT2D eigenvalue weighted by molar-refractivity contribution is 6.31. The van der Waals surface area contributed by atoms with E-state index in [1.54, 1.807) is 6.07 Å². The van der Waals surface area contributed by atoms with Gasteiger partial charge in [-0.2, -0.15) is 5.26 Å². The molecule has 2 atom stereocenters. The van der Waals surface area contributed by atoms with Gasteiger partial charge in [-0.15, -0.1) is 0 Å². The number of carbonyl (C=O) groups is 1. The molecular weight excluding hydrogens is 346 g/mol. The zero-order valence-corrected chi connectivity index (χ0v) is 14.4. The van der Waals surface area contributed by atoms with Crippen LogP contribution in [-0.2, 0) is 4.79 Å². The van der Waals surface area contributed by atoms with E-state index in [-0.39, 0.29) is 22.2 Å². The summed E-state index contributed by atoms with van der Waals surface area (Å²) in [6.07, 6.45) is 5.10. The molecule has 7 nitrogen and oxygen atoms in total. The molecule has 0 aromatic heterocycles. The largest absolute Gasteiger partial charge is 0.502 e. The van der Waals surface area contributed by atoms with Crippen molar-refractivity contribution < 1.29 is 14.8 Å². The molecule has 1 amide bonds. The molecule has 1 aromatic carbocycles. The Labute approximate surface area is 150 Å². The minimum absolute atomic E-state index is 0.0136. The van der Waals surface area contributed by atoms with Crippen molar-refractivity contribution in [2.24, 2.45) is 5.92 Å². The molecule has 25 heavy (non-hydrogen) atoms. The number of phenolic OH excluding ortho intramolecular Hbond substituents is 1. The molecule has 1 aromatic rings. The molecule has 1 fully saturated rings. The number of halogens is 1. The number of nitro groups is 1. The van der Waals surface area contributed by atoms with Gasteiger partial charge in [0.25, 0.3) is 5.91 Å². The minimum atomic E-state index is -0.783. The number of nitro benzene ring substituents is 1. The van der Waals surface area contributed by atoms with E-state index < -0.39 is 22.3 Å². The number of hydrogen-bond acceptors (Lipinski definition) is 5. The molecule has 0 saturated heterocycles. The number of rotatable bonds is 4. The summed E-state index contributed by atoms with van der Waals surface area (Å²) in [5, 5.41) is 33.0. The molecule has 0 bridgehead atoms. The van der Waals surface area contributed by atoms with Crippen molar-refractivity contribution >= 4 is 29.3 Å². The summed E-state index contributed by atoms with van der Waals surface area (Å²) in [4.78, 5) is 22.5. The van der Waals surface area contributed by atoms with Gasteiger partial charge in [0.1, 0.15) is 11.6 Å². The predicted molar refractivity (Wildman–Crippen MR) is 92.9 cm³/mol. The van der Waals surface area contributed by atoms with Gasteiger partial charge in [0.2, 0.25) is 5.75 Å². The van der Waals surface area contributed by atoms with Crippen molar-refractivity contribution in [3.05, 3.63) is 38.4 Å². The zero-order chi connectivity index (χ0) is 18.6. The lowest BCUT2D eigenvalue weighted by Gasteiger charge is -2.29. The number of nitrogens with zero attached hydrogens (tertiary/aromatic N) is 2. The molecule has 1 aliphatic rings. The van der Waals surface area contributed by atoms with Crippen LogP contribution in [0.4, 0.5) is 5.69 Å². The number of phenols is 1. The van der Waals surface area contributed by atoms with Crippen LogP contribution in [0.2, 0.25) is 5.02 Å². The van der Waals surface area contributed by atoms with E-state index in [4.69, 9.17) is 11.6 Å². The number of hydrogen-bond donors (Lipinski definition) is 2. The number of nitriles is 1. The van der Waals surface area contributed by atoms with Gasteiger partial charge in [0.15, 0.2) is 0 Å². The second kappa shape index (κ2) is 7.99. The summed E-state index contributed by atoms with van der Waals surface area (Å²) in [6.45, 7) is 2.05. The molecule has 132 valence electrons. The van der Waals surface area contributed by atoms with Gasteiger partial charge in [0.05, 0.1) is 4.92 Å². The van der Waals surface area contributed by atoms with E-state index in [1.165, 1.54) is 6.07 Å². The van der Waals surface area contributed by atoms with Gasteiger partial charge in [-0.1, -0.05) is 31.4 Å². The van der Waals surface area contributed by atoms with Gasteiger partial charge in [-0.05, 0) is 30.9 Å². The monoisotopic (exact) mass is 363 g/mol. The van der Waals surface area contributed by atoms with E-state index in [1.807, 2.05) is 6.92 Å². The third-order valence-corrected chi connectivity index (χ3v) is 4.59. The SMILES string of the molecule is C[C@H]1CCCC[C@@H]1NC(=O)/C(C#N)=C/c1cc(Cl)cc([N+](=O)[O-])c1O. The Morgan fingerprint density at radius 1 is 1.48 bits per heavy atom. The highest BCUT2D eigenvalue weighted by Gasteiger charge is 2.25. The molecular formula is C17H18ClN3O4. The van der Waals surface area contributed by atoms with E-state index in [2.05, 4.69) is 5.32 Å². The fraction of sp³-hybridized carbons (Fsp3) is 0.412. The highest BCUT2D eigenvalue weighted by atomic mass is 35.5. The van der Waals surface area contributed by atoms with Crippen LogP contribution in [0.3, 0.4) is 0 Å². The zero-order valence-electron chi connectivity index (χ0n) is 13.7. The van der Waals surface area contributed by atoms with Crippen LogP contribution in [0, 0.1) is 27.4 Å². The first-order valence-electron chi connectivity index (χ1n) is 7.93. The fourth-order valence-electron chi connectivity index (χ4n) is 2.94. The smallest absolute Gasteiger partial charge is 0.312 e. The second-order valence-electron chi connectivity index (χ2n) is 6.13. The first-order chi connectivity index (χ1) is 11.8. The number of benzene rings is 1. The maximum atomic E-state index is 12.4. The van der Waals surface area contributed by atoms with Crippen molar-refractivity contribution in [2.75, 3.05) is 0 Å². The highest BCUT2D eigenvalue weighted by Crippen LogP contribution is 2.34. The molecule has 8 heteroatoms. The first kappa shape index (κ1) is 18.7. The Morgan fingerprint density at radius 3 is 2.76 bits per heavy atom. The summed E-state index contributed by atoms with van der Waals surface area (Å²) in [5.41, 5.74) is -0.885. The third-order valence-electron chi connectivity index (χ3n) is 4.37. The number of nitrogens with one attached hydrogen (secondary N) is 1. The summed E-state index contributed by atoms with van der Waals surface area (Å²) in [5.74, 6) is -0.887. The molecule has 0 aliphatic heterocycles.